The van der Waals surface area contributed by atoms with Crippen molar-refractivity contribution in [3.8, 4) is 5.75 Å². The van der Waals surface area contributed by atoms with Gasteiger partial charge in [0.25, 0.3) is 5.56 Å². The highest BCUT2D eigenvalue weighted by Crippen LogP contribution is 2.34. The molecule has 0 fully saturated rings. The monoisotopic (exact) mass is 477 g/mol. The highest BCUT2D eigenvalue weighted by Gasteiger charge is 2.13. The van der Waals surface area contributed by atoms with Gasteiger partial charge in [0.2, 0.25) is 0 Å². The van der Waals surface area contributed by atoms with E-state index < -0.39 is 0 Å². The van der Waals surface area contributed by atoms with Crippen LogP contribution in [0.1, 0.15) is 11.3 Å². The zero-order valence-corrected chi connectivity index (χ0v) is 16.7. The molecule has 3 heterocycles. The molecule has 5 nitrogen and oxygen atoms in total. The van der Waals surface area contributed by atoms with E-state index in [1.54, 1.807) is 12.4 Å². The van der Waals surface area contributed by atoms with Gasteiger partial charge >= 0.3 is 0 Å². The first-order valence-corrected chi connectivity index (χ1v) is 9.33. The third-order valence-electron chi connectivity index (χ3n) is 3.98. The minimum absolute atomic E-state index is 0.133. The largest absolute Gasteiger partial charge is 0.484 e. The number of fused-ring (bicyclic) bond motifs is 2. The number of hydrogen-bond donors (Lipinski definition) is 0. The molecule has 3 aromatic heterocycles. The van der Waals surface area contributed by atoms with Crippen LogP contribution in [0.25, 0.3) is 16.6 Å². The Kier molecular flexibility index (Phi) is 4.54. The second-order valence-electron chi connectivity index (χ2n) is 5.88. The summed E-state index contributed by atoms with van der Waals surface area (Å²) in [4.78, 5) is 21.2. The van der Waals surface area contributed by atoms with Crippen molar-refractivity contribution in [1.82, 2.24) is 14.4 Å². The fraction of sp³-hybridized carbons (Fsp3) is 0.105. The molecule has 0 aliphatic rings. The van der Waals surface area contributed by atoms with E-state index in [1.807, 2.05) is 37.3 Å². The van der Waals surface area contributed by atoms with Crippen LogP contribution in [-0.4, -0.2) is 14.4 Å². The standard InChI is InChI=1S/C19H13ClIN3O2/c1-11-4-5-16-23-12(7-17(25)24(16)9-11)10-26-19-15(21)8-14(20)13-3-2-6-22-18(13)19/h2-9H,10H2,1H3. The van der Waals surface area contributed by atoms with E-state index in [9.17, 15) is 4.79 Å². The van der Waals surface area contributed by atoms with Crippen molar-refractivity contribution in [3.05, 3.63) is 79.0 Å². The lowest BCUT2D eigenvalue weighted by Gasteiger charge is -2.12. The van der Waals surface area contributed by atoms with E-state index in [0.717, 1.165) is 14.5 Å². The summed E-state index contributed by atoms with van der Waals surface area (Å²) < 4.78 is 8.36. The van der Waals surface area contributed by atoms with Crippen molar-refractivity contribution in [2.24, 2.45) is 0 Å². The van der Waals surface area contributed by atoms with E-state index in [-0.39, 0.29) is 12.2 Å². The molecule has 4 aromatic rings. The molecule has 0 amide bonds. The Balaban J connectivity index is 1.72. The maximum absolute atomic E-state index is 12.3. The number of halogens is 2. The van der Waals surface area contributed by atoms with Crippen molar-refractivity contribution in [1.29, 1.82) is 0 Å². The average Bonchev–Trinajstić information content (AvgIpc) is 2.62. The number of ether oxygens (including phenoxy) is 1. The zero-order valence-electron chi connectivity index (χ0n) is 13.7. The average molecular weight is 478 g/mol. The van der Waals surface area contributed by atoms with Gasteiger partial charge in [-0.25, -0.2) is 4.98 Å². The quantitative estimate of drug-likeness (QED) is 0.411. The highest BCUT2D eigenvalue weighted by molar-refractivity contribution is 14.1. The Morgan fingerprint density at radius 1 is 1.27 bits per heavy atom. The summed E-state index contributed by atoms with van der Waals surface area (Å²) >= 11 is 8.46. The molecule has 26 heavy (non-hydrogen) atoms. The van der Waals surface area contributed by atoms with Crippen LogP contribution in [0.3, 0.4) is 0 Å². The first-order valence-electron chi connectivity index (χ1n) is 7.87. The maximum atomic E-state index is 12.3. The van der Waals surface area contributed by atoms with Crippen molar-refractivity contribution >= 4 is 50.7 Å². The normalized spacial score (nSPS) is 11.2. The molecule has 0 radical (unpaired) electrons. The van der Waals surface area contributed by atoms with Crippen LogP contribution in [-0.2, 0) is 6.61 Å². The Hall–Kier alpha value is -2.19. The predicted molar refractivity (Wildman–Crippen MR) is 110 cm³/mol. The van der Waals surface area contributed by atoms with Gasteiger partial charge in [-0.15, -0.1) is 0 Å². The minimum atomic E-state index is -0.133. The van der Waals surface area contributed by atoms with E-state index in [2.05, 4.69) is 32.6 Å². The zero-order chi connectivity index (χ0) is 18.3. The van der Waals surface area contributed by atoms with Crippen LogP contribution in [0, 0.1) is 10.5 Å². The van der Waals surface area contributed by atoms with E-state index >= 15 is 0 Å². The van der Waals surface area contributed by atoms with Crippen LogP contribution >= 0.6 is 34.2 Å². The number of aryl methyl sites for hydroxylation is 1. The molecule has 0 bridgehead atoms. The van der Waals surface area contributed by atoms with Crippen molar-refractivity contribution in [3.63, 3.8) is 0 Å². The first kappa shape index (κ1) is 17.2. The van der Waals surface area contributed by atoms with Gasteiger partial charge in [-0.1, -0.05) is 17.7 Å². The molecule has 0 saturated heterocycles. The Labute approximate surface area is 167 Å². The van der Waals surface area contributed by atoms with Crippen molar-refractivity contribution < 1.29 is 4.74 Å². The van der Waals surface area contributed by atoms with Crippen molar-refractivity contribution in [2.45, 2.75) is 13.5 Å². The third kappa shape index (κ3) is 3.14. The molecular weight excluding hydrogens is 465 g/mol. The molecule has 0 aliphatic heterocycles. The lowest BCUT2D eigenvalue weighted by Crippen LogP contribution is -2.16. The third-order valence-corrected chi connectivity index (χ3v) is 5.09. The maximum Gasteiger partial charge on any atom is 0.258 e. The number of hydrogen-bond acceptors (Lipinski definition) is 4. The second kappa shape index (κ2) is 6.85. The fourth-order valence-corrected chi connectivity index (χ4v) is 3.93. The van der Waals surface area contributed by atoms with Gasteiger partial charge in [-0.3, -0.25) is 14.2 Å². The summed E-state index contributed by atoms with van der Waals surface area (Å²) in [7, 11) is 0. The summed E-state index contributed by atoms with van der Waals surface area (Å²) in [5.74, 6) is 0.636. The summed E-state index contributed by atoms with van der Waals surface area (Å²) in [6.45, 7) is 2.10. The van der Waals surface area contributed by atoms with Crippen LogP contribution in [0.15, 0.2) is 53.6 Å². The van der Waals surface area contributed by atoms with Gasteiger partial charge in [0.1, 0.15) is 17.8 Å². The predicted octanol–water partition coefficient (Wildman–Crippen LogP) is 4.39. The summed E-state index contributed by atoms with van der Waals surface area (Å²) in [5, 5.41) is 1.45. The summed E-state index contributed by atoms with van der Waals surface area (Å²) in [6.07, 6.45) is 3.47. The van der Waals surface area contributed by atoms with E-state index in [0.29, 0.717) is 27.6 Å². The second-order valence-corrected chi connectivity index (χ2v) is 7.45. The lowest BCUT2D eigenvalue weighted by atomic mass is 10.2. The molecule has 0 atom stereocenters. The van der Waals surface area contributed by atoms with E-state index in [4.69, 9.17) is 16.3 Å². The number of rotatable bonds is 3. The number of pyridine rings is 2. The summed E-state index contributed by atoms with van der Waals surface area (Å²) in [6, 6.07) is 10.8. The topological polar surface area (TPSA) is 56.5 Å². The molecule has 130 valence electrons. The summed E-state index contributed by atoms with van der Waals surface area (Å²) in [5.41, 5.74) is 2.71. The van der Waals surface area contributed by atoms with Gasteiger partial charge in [-0.2, -0.15) is 0 Å². The van der Waals surface area contributed by atoms with Crippen LogP contribution in [0.4, 0.5) is 0 Å². The fourth-order valence-electron chi connectivity index (χ4n) is 2.76. The molecule has 7 heteroatoms. The molecular formula is C19H13ClIN3O2. The number of nitrogens with zero attached hydrogens (tertiary/aromatic N) is 3. The molecule has 0 unspecified atom stereocenters. The van der Waals surface area contributed by atoms with Crippen LogP contribution in [0.5, 0.6) is 5.75 Å². The molecule has 0 saturated carbocycles. The number of aromatic nitrogens is 3. The SMILES string of the molecule is Cc1ccc2nc(COc3c(I)cc(Cl)c4cccnc34)cc(=O)n2c1. The molecule has 1 aromatic carbocycles. The minimum Gasteiger partial charge on any atom is -0.484 e. The highest BCUT2D eigenvalue weighted by atomic mass is 127. The lowest BCUT2D eigenvalue weighted by molar-refractivity contribution is 0.302. The van der Waals surface area contributed by atoms with Crippen LogP contribution < -0.4 is 10.3 Å². The Bertz CT molecular complexity index is 1210. The first-order chi connectivity index (χ1) is 12.5. The Morgan fingerprint density at radius 2 is 2.12 bits per heavy atom. The van der Waals surface area contributed by atoms with Gasteiger partial charge in [0.05, 0.1) is 14.3 Å². The smallest absolute Gasteiger partial charge is 0.258 e. The van der Waals surface area contributed by atoms with Gasteiger partial charge in [0.15, 0.2) is 5.75 Å². The van der Waals surface area contributed by atoms with Gasteiger partial charge < -0.3 is 4.74 Å². The number of benzene rings is 1. The van der Waals surface area contributed by atoms with Crippen LogP contribution in [0.2, 0.25) is 5.02 Å². The molecule has 0 N–H and O–H groups in total. The van der Waals surface area contributed by atoms with Crippen molar-refractivity contribution in [2.75, 3.05) is 0 Å². The Morgan fingerprint density at radius 3 is 2.96 bits per heavy atom. The molecule has 0 spiro atoms. The molecule has 4 rings (SSSR count). The molecule has 0 aliphatic carbocycles. The van der Waals surface area contributed by atoms with Gasteiger partial charge in [-0.05, 0) is 59.3 Å². The van der Waals surface area contributed by atoms with Gasteiger partial charge in [0, 0.05) is 23.8 Å². The van der Waals surface area contributed by atoms with E-state index in [1.165, 1.54) is 10.5 Å².